The van der Waals surface area contributed by atoms with E-state index in [1.54, 1.807) is 16.6 Å². The van der Waals surface area contributed by atoms with Crippen LogP contribution in [0.5, 0.6) is 0 Å². The van der Waals surface area contributed by atoms with Crippen molar-refractivity contribution in [3.05, 3.63) is 58.2 Å². The molecule has 4 rings (SSSR count). The quantitative estimate of drug-likeness (QED) is 0.556. The Labute approximate surface area is 150 Å². The number of aromatic nitrogens is 4. The molecule has 0 unspecified atom stereocenters. The van der Waals surface area contributed by atoms with Gasteiger partial charge < -0.3 is 5.32 Å². The van der Waals surface area contributed by atoms with Crippen molar-refractivity contribution < 1.29 is 9.18 Å². The molecule has 0 radical (unpaired) electrons. The van der Waals surface area contributed by atoms with Gasteiger partial charge >= 0.3 is 0 Å². The third kappa shape index (κ3) is 3.06. The van der Waals surface area contributed by atoms with Crippen molar-refractivity contribution in [3.63, 3.8) is 0 Å². The highest BCUT2D eigenvalue weighted by Gasteiger charge is 2.14. The number of nitrogens with one attached hydrogen (secondary N) is 1. The number of carbonyl (C=O) groups is 1. The molecule has 0 saturated carbocycles. The largest absolute Gasteiger partial charge is 0.352 e. The minimum Gasteiger partial charge on any atom is -0.352 e. The summed E-state index contributed by atoms with van der Waals surface area (Å²) in [4.78, 5) is 21.4. The molecule has 0 aliphatic carbocycles. The van der Waals surface area contributed by atoms with Gasteiger partial charge in [0.25, 0.3) is 5.91 Å². The van der Waals surface area contributed by atoms with E-state index in [0.717, 1.165) is 10.7 Å². The maximum atomic E-state index is 13.2. The zero-order valence-electron chi connectivity index (χ0n) is 12.7. The van der Waals surface area contributed by atoms with Crippen LogP contribution >= 0.6 is 22.9 Å². The molecule has 4 aromatic rings. The van der Waals surface area contributed by atoms with E-state index in [-0.39, 0.29) is 16.6 Å². The van der Waals surface area contributed by atoms with Crippen LogP contribution in [-0.2, 0) is 6.42 Å². The molecule has 1 aromatic carbocycles. The van der Waals surface area contributed by atoms with E-state index < -0.39 is 5.82 Å². The third-order valence-electron chi connectivity index (χ3n) is 3.73. The van der Waals surface area contributed by atoms with E-state index in [0.29, 0.717) is 23.9 Å². The number of thiazole rings is 1. The maximum absolute atomic E-state index is 13.2. The number of hydrogen-bond acceptors (Lipinski definition) is 5. The minimum atomic E-state index is -0.400. The fourth-order valence-electron chi connectivity index (χ4n) is 2.52. The van der Waals surface area contributed by atoms with Gasteiger partial charge in [-0.1, -0.05) is 11.6 Å². The van der Waals surface area contributed by atoms with Crippen molar-refractivity contribution in [2.75, 3.05) is 6.54 Å². The summed E-state index contributed by atoms with van der Waals surface area (Å²) in [6.07, 6.45) is 2.11. The van der Waals surface area contributed by atoms with Crippen LogP contribution in [0, 0.1) is 5.82 Å². The normalized spacial score (nSPS) is 11.3. The Bertz CT molecular complexity index is 1090. The number of carbonyl (C=O) groups excluding carboxylic acids is 1. The lowest BCUT2D eigenvalue weighted by molar-refractivity contribution is 0.0954. The van der Waals surface area contributed by atoms with E-state index in [2.05, 4.69) is 20.4 Å². The molecule has 0 aliphatic heterocycles. The van der Waals surface area contributed by atoms with Gasteiger partial charge in [0.05, 0.1) is 16.8 Å². The van der Waals surface area contributed by atoms with Crippen LogP contribution in [0.25, 0.3) is 15.9 Å². The predicted molar refractivity (Wildman–Crippen MR) is 93.6 cm³/mol. The molecular weight excluding hydrogens is 365 g/mol. The average Bonchev–Trinajstić information content (AvgIpc) is 3.18. The molecule has 0 aliphatic rings. The highest BCUT2D eigenvalue weighted by molar-refractivity contribution is 7.15. The number of rotatable bonds is 4. The molecule has 3 aromatic heterocycles. The highest BCUT2D eigenvalue weighted by Crippen LogP contribution is 2.21. The molecule has 9 heteroatoms. The molecule has 0 atom stereocenters. The van der Waals surface area contributed by atoms with Crippen molar-refractivity contribution in [3.8, 4) is 0 Å². The Morgan fingerprint density at radius 1 is 1.36 bits per heavy atom. The Balaban J connectivity index is 1.49. The van der Waals surface area contributed by atoms with Crippen LogP contribution in [0.4, 0.5) is 4.39 Å². The molecule has 126 valence electrons. The van der Waals surface area contributed by atoms with E-state index in [4.69, 9.17) is 11.6 Å². The van der Waals surface area contributed by atoms with Gasteiger partial charge in [-0.05, 0) is 18.2 Å². The first-order valence-corrected chi connectivity index (χ1v) is 8.68. The number of amides is 1. The molecule has 0 saturated heterocycles. The minimum absolute atomic E-state index is 0.0461. The van der Waals surface area contributed by atoms with Crippen molar-refractivity contribution in [1.29, 1.82) is 0 Å². The molecule has 0 fully saturated rings. The molecule has 1 N–H and O–H groups in total. The maximum Gasteiger partial charge on any atom is 0.254 e. The SMILES string of the molecule is O=C(NCCc1csc2ncnn12)c1cc2ccc(F)cc2nc1Cl. The standard InChI is InChI=1S/C16H11ClFN5OS/c17-14-12(5-9-1-2-10(18)6-13(9)22-14)15(24)19-4-3-11-7-25-16-20-8-21-23(11)16/h1-2,5-8H,3-4H2,(H,19,24). The Hall–Kier alpha value is -2.58. The van der Waals surface area contributed by atoms with Gasteiger partial charge in [-0.2, -0.15) is 5.10 Å². The summed E-state index contributed by atoms with van der Waals surface area (Å²) >= 11 is 7.57. The summed E-state index contributed by atoms with van der Waals surface area (Å²) < 4.78 is 15.0. The van der Waals surface area contributed by atoms with Gasteiger partial charge in [0, 0.05) is 29.8 Å². The van der Waals surface area contributed by atoms with Crippen LogP contribution in [-0.4, -0.2) is 32.0 Å². The third-order valence-corrected chi connectivity index (χ3v) is 4.90. The van der Waals surface area contributed by atoms with E-state index in [1.807, 2.05) is 5.38 Å². The second-order valence-corrected chi connectivity index (χ2v) is 6.55. The van der Waals surface area contributed by atoms with E-state index >= 15 is 0 Å². The summed E-state index contributed by atoms with van der Waals surface area (Å²) in [5.41, 5.74) is 1.64. The number of benzene rings is 1. The molecule has 1 amide bonds. The van der Waals surface area contributed by atoms with Gasteiger partial charge in [-0.15, -0.1) is 11.3 Å². The highest BCUT2D eigenvalue weighted by atomic mass is 35.5. The first kappa shape index (κ1) is 15.9. The van der Waals surface area contributed by atoms with Crippen molar-refractivity contribution >= 4 is 44.7 Å². The molecule has 6 nitrogen and oxygen atoms in total. The molecule has 0 bridgehead atoms. The van der Waals surface area contributed by atoms with Gasteiger partial charge in [0.1, 0.15) is 17.3 Å². The lowest BCUT2D eigenvalue weighted by Gasteiger charge is -2.07. The van der Waals surface area contributed by atoms with E-state index in [1.165, 1.54) is 29.8 Å². The number of halogens is 2. The Morgan fingerprint density at radius 3 is 3.12 bits per heavy atom. The van der Waals surface area contributed by atoms with Gasteiger partial charge in [-0.3, -0.25) is 4.79 Å². The molecule has 25 heavy (non-hydrogen) atoms. The summed E-state index contributed by atoms with van der Waals surface area (Å²) in [6.45, 7) is 0.419. The zero-order valence-corrected chi connectivity index (χ0v) is 14.3. The molecular formula is C16H11ClFN5OS. The summed E-state index contributed by atoms with van der Waals surface area (Å²) in [5.74, 6) is -0.725. The van der Waals surface area contributed by atoms with Gasteiger partial charge in [-0.25, -0.2) is 18.9 Å². The second-order valence-electron chi connectivity index (χ2n) is 5.35. The zero-order chi connectivity index (χ0) is 17.4. The smallest absolute Gasteiger partial charge is 0.254 e. The second kappa shape index (κ2) is 6.38. The first-order valence-electron chi connectivity index (χ1n) is 7.42. The lowest BCUT2D eigenvalue weighted by Crippen LogP contribution is -2.26. The summed E-state index contributed by atoms with van der Waals surface area (Å²) in [6, 6.07) is 5.78. The number of pyridine rings is 1. The molecule has 0 spiro atoms. The summed E-state index contributed by atoms with van der Waals surface area (Å²) in [7, 11) is 0. The average molecular weight is 376 g/mol. The number of hydrogen-bond donors (Lipinski definition) is 1. The fourth-order valence-corrected chi connectivity index (χ4v) is 3.58. The van der Waals surface area contributed by atoms with Crippen LogP contribution in [0.3, 0.4) is 0 Å². The fraction of sp³-hybridized carbons (Fsp3) is 0.125. The van der Waals surface area contributed by atoms with Gasteiger partial charge in [0.2, 0.25) is 4.96 Å². The lowest BCUT2D eigenvalue weighted by atomic mass is 10.1. The molecule has 3 heterocycles. The number of fused-ring (bicyclic) bond motifs is 2. The Morgan fingerprint density at radius 2 is 2.24 bits per heavy atom. The van der Waals surface area contributed by atoms with Crippen molar-refractivity contribution in [2.45, 2.75) is 6.42 Å². The van der Waals surface area contributed by atoms with Crippen LogP contribution in [0.15, 0.2) is 36.0 Å². The summed E-state index contributed by atoms with van der Waals surface area (Å²) in [5, 5.41) is 9.60. The Kier molecular flexibility index (Phi) is 4.06. The van der Waals surface area contributed by atoms with Crippen molar-refractivity contribution in [1.82, 2.24) is 24.9 Å². The number of nitrogens with zero attached hydrogens (tertiary/aromatic N) is 4. The predicted octanol–water partition coefficient (Wildman–Crippen LogP) is 3.10. The van der Waals surface area contributed by atoms with Gasteiger partial charge in [0.15, 0.2) is 0 Å². The van der Waals surface area contributed by atoms with Crippen molar-refractivity contribution in [2.24, 2.45) is 0 Å². The first-order chi connectivity index (χ1) is 12.1. The van der Waals surface area contributed by atoms with E-state index in [9.17, 15) is 9.18 Å². The van der Waals surface area contributed by atoms with Crippen LogP contribution in [0.1, 0.15) is 16.1 Å². The topological polar surface area (TPSA) is 72.2 Å². The van der Waals surface area contributed by atoms with Crippen LogP contribution in [0.2, 0.25) is 5.15 Å². The van der Waals surface area contributed by atoms with Crippen LogP contribution < -0.4 is 5.32 Å². The monoisotopic (exact) mass is 375 g/mol.